The van der Waals surface area contributed by atoms with E-state index in [4.69, 9.17) is 21.3 Å². The Morgan fingerprint density at radius 3 is 2.75 bits per heavy atom. The second-order valence-corrected chi connectivity index (χ2v) is 6.19. The highest BCUT2D eigenvalue weighted by molar-refractivity contribution is 6.30. The van der Waals surface area contributed by atoms with Gasteiger partial charge in [-0.2, -0.15) is 5.10 Å². The summed E-state index contributed by atoms with van der Waals surface area (Å²) in [5, 5.41) is 5.13. The number of halogens is 1. The number of hydrogen-bond donors (Lipinski definition) is 1. The molecular weight excluding hydrogens is 324 g/mol. The first-order valence-electron chi connectivity index (χ1n) is 7.77. The van der Waals surface area contributed by atoms with Gasteiger partial charge in [0.15, 0.2) is 5.84 Å². The zero-order valence-electron chi connectivity index (χ0n) is 13.5. The van der Waals surface area contributed by atoms with Crippen molar-refractivity contribution in [3.05, 3.63) is 58.6 Å². The van der Waals surface area contributed by atoms with Crippen LogP contribution in [0.15, 0.2) is 52.6 Å². The highest BCUT2D eigenvalue weighted by Gasteiger charge is 2.31. The molecule has 1 atom stereocenters. The van der Waals surface area contributed by atoms with E-state index in [0.29, 0.717) is 11.6 Å². The highest BCUT2D eigenvalue weighted by atomic mass is 35.5. The van der Waals surface area contributed by atoms with E-state index in [1.54, 1.807) is 7.11 Å². The second kappa shape index (κ2) is 5.83. The van der Waals surface area contributed by atoms with Crippen LogP contribution in [-0.2, 0) is 0 Å². The SMILES string of the molecule is COc1ccc2c(c1)C(c1ccc(Cl)cc1)=NCC1=NNC(C)N12. The lowest BCUT2D eigenvalue weighted by Gasteiger charge is -2.25. The molecule has 1 N–H and O–H groups in total. The summed E-state index contributed by atoms with van der Waals surface area (Å²) >= 11 is 6.03. The van der Waals surface area contributed by atoms with Crippen LogP contribution < -0.4 is 15.1 Å². The van der Waals surface area contributed by atoms with Crippen LogP contribution in [0.1, 0.15) is 18.1 Å². The normalized spacial score (nSPS) is 18.8. The van der Waals surface area contributed by atoms with E-state index in [9.17, 15) is 0 Å². The Bertz CT molecular complexity index is 845. The lowest BCUT2D eigenvalue weighted by atomic mass is 9.99. The summed E-state index contributed by atoms with van der Waals surface area (Å²) in [4.78, 5) is 7.00. The third-order valence-electron chi connectivity index (χ3n) is 4.26. The molecule has 0 spiro atoms. The Kier molecular flexibility index (Phi) is 3.65. The van der Waals surface area contributed by atoms with E-state index in [-0.39, 0.29) is 6.17 Å². The number of ether oxygens (including phenoxy) is 1. The highest BCUT2D eigenvalue weighted by Crippen LogP contribution is 2.32. The predicted molar refractivity (Wildman–Crippen MR) is 97.5 cm³/mol. The molecule has 24 heavy (non-hydrogen) atoms. The number of methoxy groups -OCH3 is 1. The number of rotatable bonds is 2. The zero-order valence-corrected chi connectivity index (χ0v) is 14.2. The molecule has 2 aromatic rings. The van der Waals surface area contributed by atoms with Crippen molar-refractivity contribution in [2.24, 2.45) is 10.1 Å². The average Bonchev–Trinajstić information content (AvgIpc) is 2.88. The van der Waals surface area contributed by atoms with Crippen molar-refractivity contribution in [2.45, 2.75) is 13.1 Å². The summed E-state index contributed by atoms with van der Waals surface area (Å²) in [6.45, 7) is 2.60. The summed E-state index contributed by atoms with van der Waals surface area (Å²) in [6, 6.07) is 13.8. The Morgan fingerprint density at radius 2 is 2.00 bits per heavy atom. The van der Waals surface area contributed by atoms with Crippen LogP contribution in [0.2, 0.25) is 5.02 Å². The maximum Gasteiger partial charge on any atom is 0.152 e. The van der Waals surface area contributed by atoms with Crippen molar-refractivity contribution in [1.82, 2.24) is 5.43 Å². The number of anilines is 1. The van der Waals surface area contributed by atoms with E-state index in [2.05, 4.69) is 28.4 Å². The van der Waals surface area contributed by atoms with Crippen molar-refractivity contribution in [2.75, 3.05) is 18.6 Å². The van der Waals surface area contributed by atoms with Gasteiger partial charge < -0.3 is 9.64 Å². The van der Waals surface area contributed by atoms with Gasteiger partial charge in [0.2, 0.25) is 0 Å². The number of hydrazone groups is 1. The Labute approximate surface area is 145 Å². The number of amidine groups is 1. The van der Waals surface area contributed by atoms with Gasteiger partial charge in [-0.25, -0.2) is 0 Å². The maximum atomic E-state index is 6.03. The average molecular weight is 341 g/mol. The van der Waals surface area contributed by atoms with Gasteiger partial charge in [0.05, 0.1) is 25.1 Å². The fourth-order valence-corrected chi connectivity index (χ4v) is 3.22. The monoisotopic (exact) mass is 340 g/mol. The van der Waals surface area contributed by atoms with E-state index >= 15 is 0 Å². The van der Waals surface area contributed by atoms with Gasteiger partial charge in [-0.05, 0) is 37.3 Å². The quantitative estimate of drug-likeness (QED) is 0.912. The van der Waals surface area contributed by atoms with E-state index in [1.807, 2.05) is 36.4 Å². The van der Waals surface area contributed by atoms with Gasteiger partial charge in [-0.3, -0.25) is 10.4 Å². The summed E-state index contributed by atoms with van der Waals surface area (Å²) < 4.78 is 5.42. The molecule has 0 fully saturated rings. The number of hydrogen-bond acceptors (Lipinski definition) is 5. The molecule has 0 aliphatic carbocycles. The maximum absolute atomic E-state index is 6.03. The predicted octanol–water partition coefficient (Wildman–Crippen LogP) is 3.27. The number of fused-ring (bicyclic) bond motifs is 3. The van der Waals surface area contributed by atoms with Crippen LogP contribution in [-0.4, -0.2) is 31.4 Å². The first-order chi connectivity index (χ1) is 11.7. The minimum absolute atomic E-state index is 0.0897. The number of benzene rings is 2. The van der Waals surface area contributed by atoms with Crippen LogP contribution in [0.3, 0.4) is 0 Å². The summed E-state index contributed by atoms with van der Waals surface area (Å²) in [7, 11) is 1.67. The van der Waals surface area contributed by atoms with E-state index < -0.39 is 0 Å². The standard InChI is InChI=1S/C18H17ClN4O/c1-11-21-22-17-10-20-18(12-3-5-13(19)6-4-12)15-9-14(24-2)7-8-16(15)23(11)17/h3-9,11,21H,10H2,1-2H3. The molecule has 5 nitrogen and oxygen atoms in total. The third kappa shape index (κ3) is 2.41. The molecule has 122 valence electrons. The molecule has 6 heteroatoms. The van der Waals surface area contributed by atoms with Crippen molar-refractivity contribution >= 4 is 28.8 Å². The van der Waals surface area contributed by atoms with Gasteiger partial charge in [-0.15, -0.1) is 0 Å². The molecule has 0 aromatic heterocycles. The van der Waals surface area contributed by atoms with Gasteiger partial charge in [0.25, 0.3) is 0 Å². The Morgan fingerprint density at radius 1 is 1.21 bits per heavy atom. The molecule has 0 radical (unpaired) electrons. The molecule has 2 aliphatic rings. The van der Waals surface area contributed by atoms with Gasteiger partial charge >= 0.3 is 0 Å². The van der Waals surface area contributed by atoms with Gasteiger partial charge in [-0.1, -0.05) is 23.7 Å². The van der Waals surface area contributed by atoms with Crippen molar-refractivity contribution in [1.29, 1.82) is 0 Å². The van der Waals surface area contributed by atoms with Crippen LogP contribution >= 0.6 is 11.6 Å². The third-order valence-corrected chi connectivity index (χ3v) is 4.51. The summed E-state index contributed by atoms with van der Waals surface area (Å²) in [5.41, 5.74) is 7.16. The minimum atomic E-state index is 0.0897. The van der Waals surface area contributed by atoms with Crippen LogP contribution in [0.4, 0.5) is 5.69 Å². The zero-order chi connectivity index (χ0) is 16.7. The van der Waals surface area contributed by atoms with E-state index in [0.717, 1.165) is 34.1 Å². The Hall–Kier alpha value is -2.53. The molecule has 0 saturated carbocycles. The smallest absolute Gasteiger partial charge is 0.152 e. The van der Waals surface area contributed by atoms with Crippen LogP contribution in [0.25, 0.3) is 0 Å². The molecular formula is C18H17ClN4O. The fourth-order valence-electron chi connectivity index (χ4n) is 3.09. The number of nitrogens with zero attached hydrogens (tertiary/aromatic N) is 3. The number of aliphatic imine (C=N–C) groups is 1. The lowest BCUT2D eigenvalue weighted by Crippen LogP contribution is -2.38. The molecule has 1 unspecified atom stereocenters. The summed E-state index contributed by atoms with van der Waals surface area (Å²) in [6.07, 6.45) is 0.0897. The van der Waals surface area contributed by atoms with Crippen molar-refractivity contribution in [3.63, 3.8) is 0 Å². The molecule has 0 saturated heterocycles. The Balaban J connectivity index is 1.91. The van der Waals surface area contributed by atoms with Crippen LogP contribution in [0, 0.1) is 0 Å². The van der Waals surface area contributed by atoms with Crippen LogP contribution in [0.5, 0.6) is 5.75 Å². The molecule has 4 rings (SSSR count). The second-order valence-electron chi connectivity index (χ2n) is 5.76. The van der Waals surface area contributed by atoms with E-state index in [1.165, 1.54) is 0 Å². The fraction of sp³-hybridized carbons (Fsp3) is 0.222. The lowest BCUT2D eigenvalue weighted by molar-refractivity contribution is 0.414. The van der Waals surface area contributed by atoms with Crippen molar-refractivity contribution in [3.8, 4) is 5.75 Å². The first kappa shape index (κ1) is 15.0. The summed E-state index contributed by atoms with van der Waals surface area (Å²) in [5.74, 6) is 1.72. The van der Waals surface area contributed by atoms with Crippen molar-refractivity contribution < 1.29 is 4.74 Å². The first-order valence-corrected chi connectivity index (χ1v) is 8.15. The minimum Gasteiger partial charge on any atom is -0.497 e. The largest absolute Gasteiger partial charge is 0.497 e. The molecule has 2 aromatic carbocycles. The molecule has 0 bridgehead atoms. The van der Waals surface area contributed by atoms with Gasteiger partial charge in [0.1, 0.15) is 11.9 Å². The number of nitrogens with one attached hydrogen (secondary N) is 1. The van der Waals surface area contributed by atoms with Gasteiger partial charge in [0, 0.05) is 16.1 Å². The molecule has 2 aliphatic heterocycles. The topological polar surface area (TPSA) is 49.2 Å². The molecule has 2 heterocycles. The molecule has 0 amide bonds.